The second kappa shape index (κ2) is 11.7. The van der Waals surface area contributed by atoms with Gasteiger partial charge < -0.3 is 20.1 Å². The highest BCUT2D eigenvalue weighted by Gasteiger charge is 2.03. The molecule has 1 aromatic rings. The third-order valence-corrected chi connectivity index (χ3v) is 3.83. The van der Waals surface area contributed by atoms with Gasteiger partial charge in [0.15, 0.2) is 0 Å². The van der Waals surface area contributed by atoms with Gasteiger partial charge in [0.2, 0.25) is 11.8 Å². The van der Waals surface area contributed by atoms with Gasteiger partial charge in [0.1, 0.15) is 11.5 Å². The first-order chi connectivity index (χ1) is 12.5. The van der Waals surface area contributed by atoms with Crippen molar-refractivity contribution in [2.75, 3.05) is 27.3 Å². The Labute approximate surface area is 155 Å². The number of nitrogens with one attached hydrogen (secondary N) is 2. The summed E-state index contributed by atoms with van der Waals surface area (Å²) in [5.41, 5.74) is 1.50. The maximum Gasteiger partial charge on any atom is 0.246 e. The standard InChI is InChI=1S/C20H28N2O4/c1-5-15(2)20(24)22-13-7-6-12-21-19(23)11-9-16-8-10-17(25-3)14-18(16)26-4/h5,8-11,14H,6-7,12-13H2,1-4H3,(H,21,23)(H,22,24)/b11-9+,15-5+. The summed E-state index contributed by atoms with van der Waals surface area (Å²) >= 11 is 0. The van der Waals surface area contributed by atoms with Gasteiger partial charge in [-0.25, -0.2) is 0 Å². The predicted molar refractivity (Wildman–Crippen MR) is 103 cm³/mol. The van der Waals surface area contributed by atoms with Gasteiger partial charge in [-0.2, -0.15) is 0 Å². The Morgan fingerprint density at radius 2 is 1.77 bits per heavy atom. The van der Waals surface area contributed by atoms with Crippen molar-refractivity contribution < 1.29 is 19.1 Å². The first-order valence-electron chi connectivity index (χ1n) is 8.60. The van der Waals surface area contributed by atoms with E-state index in [-0.39, 0.29) is 11.8 Å². The van der Waals surface area contributed by atoms with Crippen molar-refractivity contribution in [2.24, 2.45) is 0 Å². The van der Waals surface area contributed by atoms with E-state index in [9.17, 15) is 9.59 Å². The summed E-state index contributed by atoms with van der Waals surface area (Å²) in [5.74, 6) is 1.12. The third kappa shape index (κ3) is 7.42. The molecule has 0 saturated carbocycles. The second-order valence-electron chi connectivity index (χ2n) is 5.67. The molecule has 0 aromatic heterocycles. The zero-order chi connectivity index (χ0) is 19.4. The van der Waals surface area contributed by atoms with Crippen LogP contribution in [0.1, 0.15) is 32.3 Å². The number of carbonyl (C=O) groups excluding carboxylic acids is 2. The van der Waals surface area contributed by atoms with Crippen LogP contribution >= 0.6 is 0 Å². The normalized spacial score (nSPS) is 11.3. The molecule has 6 heteroatoms. The van der Waals surface area contributed by atoms with Crippen LogP contribution in [0.25, 0.3) is 6.08 Å². The molecule has 0 bridgehead atoms. The van der Waals surface area contributed by atoms with Crippen LogP contribution in [0.2, 0.25) is 0 Å². The fourth-order valence-corrected chi connectivity index (χ4v) is 2.11. The van der Waals surface area contributed by atoms with E-state index in [1.165, 1.54) is 6.08 Å². The molecule has 0 fully saturated rings. The van der Waals surface area contributed by atoms with Crippen molar-refractivity contribution in [3.05, 3.63) is 41.5 Å². The van der Waals surface area contributed by atoms with Crippen LogP contribution in [0.4, 0.5) is 0 Å². The number of ether oxygens (including phenoxy) is 2. The highest BCUT2D eigenvalue weighted by molar-refractivity contribution is 5.92. The lowest BCUT2D eigenvalue weighted by Gasteiger charge is -2.07. The number of benzene rings is 1. The molecular formula is C20H28N2O4. The van der Waals surface area contributed by atoms with E-state index in [0.717, 1.165) is 18.4 Å². The molecule has 142 valence electrons. The lowest BCUT2D eigenvalue weighted by Crippen LogP contribution is -2.27. The topological polar surface area (TPSA) is 76.7 Å². The summed E-state index contributed by atoms with van der Waals surface area (Å²) in [4.78, 5) is 23.4. The highest BCUT2D eigenvalue weighted by Crippen LogP contribution is 2.25. The summed E-state index contributed by atoms with van der Waals surface area (Å²) in [5, 5.41) is 5.65. The number of hydrogen-bond donors (Lipinski definition) is 2. The summed E-state index contributed by atoms with van der Waals surface area (Å²) < 4.78 is 10.4. The molecule has 6 nitrogen and oxygen atoms in total. The fourth-order valence-electron chi connectivity index (χ4n) is 2.11. The molecule has 1 aromatic carbocycles. The largest absolute Gasteiger partial charge is 0.497 e. The van der Waals surface area contributed by atoms with Gasteiger partial charge in [0, 0.05) is 36.4 Å². The Kier molecular flexibility index (Phi) is 9.61. The number of rotatable bonds is 10. The molecule has 0 spiro atoms. The molecular weight excluding hydrogens is 332 g/mol. The van der Waals surface area contributed by atoms with Crippen LogP contribution in [0.3, 0.4) is 0 Å². The minimum absolute atomic E-state index is 0.0482. The van der Waals surface area contributed by atoms with Crippen LogP contribution in [0, 0.1) is 0 Å². The summed E-state index contributed by atoms with van der Waals surface area (Å²) in [6, 6.07) is 5.40. The lowest BCUT2D eigenvalue weighted by molar-refractivity contribution is -0.118. The number of allylic oxidation sites excluding steroid dienone is 1. The monoisotopic (exact) mass is 360 g/mol. The van der Waals surface area contributed by atoms with Crippen LogP contribution < -0.4 is 20.1 Å². The molecule has 0 saturated heterocycles. The molecule has 2 amide bonds. The Hall–Kier alpha value is -2.76. The van der Waals surface area contributed by atoms with Crippen molar-refractivity contribution in [2.45, 2.75) is 26.7 Å². The fraction of sp³-hybridized carbons (Fsp3) is 0.400. The molecule has 2 N–H and O–H groups in total. The summed E-state index contributed by atoms with van der Waals surface area (Å²) in [6.45, 7) is 4.76. The van der Waals surface area contributed by atoms with Crippen molar-refractivity contribution in [1.29, 1.82) is 0 Å². The van der Waals surface area contributed by atoms with Gasteiger partial charge in [-0.15, -0.1) is 0 Å². The van der Waals surface area contributed by atoms with E-state index in [1.807, 2.05) is 19.1 Å². The van der Waals surface area contributed by atoms with Crippen molar-refractivity contribution in [3.8, 4) is 11.5 Å². The highest BCUT2D eigenvalue weighted by atomic mass is 16.5. The van der Waals surface area contributed by atoms with Crippen molar-refractivity contribution in [1.82, 2.24) is 10.6 Å². The molecule has 0 radical (unpaired) electrons. The van der Waals surface area contributed by atoms with Crippen molar-refractivity contribution in [3.63, 3.8) is 0 Å². The van der Waals surface area contributed by atoms with E-state index in [4.69, 9.17) is 9.47 Å². The van der Waals surface area contributed by atoms with E-state index in [0.29, 0.717) is 30.2 Å². The van der Waals surface area contributed by atoms with E-state index < -0.39 is 0 Å². The second-order valence-corrected chi connectivity index (χ2v) is 5.67. The maximum atomic E-state index is 11.9. The molecule has 1 rings (SSSR count). The van der Waals surface area contributed by atoms with Gasteiger partial charge in [-0.05, 0) is 44.9 Å². The minimum atomic E-state index is -0.170. The molecule has 0 aliphatic rings. The number of amides is 2. The zero-order valence-corrected chi connectivity index (χ0v) is 15.9. The van der Waals surface area contributed by atoms with Crippen LogP contribution in [-0.2, 0) is 9.59 Å². The lowest BCUT2D eigenvalue weighted by atomic mass is 10.1. The maximum absolute atomic E-state index is 11.9. The number of carbonyl (C=O) groups is 2. The molecule has 26 heavy (non-hydrogen) atoms. The summed E-state index contributed by atoms with van der Waals surface area (Å²) in [7, 11) is 3.16. The van der Waals surface area contributed by atoms with Gasteiger partial charge >= 0.3 is 0 Å². The van der Waals surface area contributed by atoms with Gasteiger partial charge in [0.25, 0.3) is 0 Å². The van der Waals surface area contributed by atoms with Gasteiger partial charge in [-0.3, -0.25) is 9.59 Å². The van der Waals surface area contributed by atoms with Crippen LogP contribution in [-0.4, -0.2) is 39.1 Å². The number of methoxy groups -OCH3 is 2. The Morgan fingerprint density at radius 1 is 1.08 bits per heavy atom. The average Bonchev–Trinajstić information content (AvgIpc) is 2.67. The average molecular weight is 360 g/mol. The van der Waals surface area contributed by atoms with Crippen LogP contribution in [0.15, 0.2) is 35.9 Å². The number of unbranched alkanes of at least 4 members (excludes halogenated alkanes) is 1. The SMILES string of the molecule is C/C=C(\C)C(=O)NCCCCNC(=O)/C=C/c1ccc(OC)cc1OC. The number of hydrogen-bond acceptors (Lipinski definition) is 4. The first kappa shape index (κ1) is 21.3. The van der Waals surface area contributed by atoms with Crippen LogP contribution in [0.5, 0.6) is 11.5 Å². The van der Waals surface area contributed by atoms with E-state index in [2.05, 4.69) is 10.6 Å². The van der Waals surface area contributed by atoms with Gasteiger partial charge in [-0.1, -0.05) is 6.08 Å². The molecule has 0 aliphatic carbocycles. The van der Waals surface area contributed by atoms with E-state index >= 15 is 0 Å². The quantitative estimate of drug-likeness (QED) is 0.497. The van der Waals surface area contributed by atoms with E-state index in [1.54, 1.807) is 39.4 Å². The zero-order valence-electron chi connectivity index (χ0n) is 15.9. The predicted octanol–water partition coefficient (Wildman–Crippen LogP) is 2.70. The molecule has 0 aliphatic heterocycles. The molecule has 0 atom stereocenters. The Bertz CT molecular complexity index is 666. The molecule has 0 unspecified atom stereocenters. The Balaban J connectivity index is 2.32. The van der Waals surface area contributed by atoms with Crippen molar-refractivity contribution >= 4 is 17.9 Å². The third-order valence-electron chi connectivity index (χ3n) is 3.83. The van der Waals surface area contributed by atoms with Gasteiger partial charge in [0.05, 0.1) is 14.2 Å². The Morgan fingerprint density at radius 3 is 2.38 bits per heavy atom. The summed E-state index contributed by atoms with van der Waals surface area (Å²) in [6.07, 6.45) is 6.55. The first-order valence-corrected chi connectivity index (χ1v) is 8.60. The smallest absolute Gasteiger partial charge is 0.246 e. The minimum Gasteiger partial charge on any atom is -0.497 e. The molecule has 0 heterocycles.